The quantitative estimate of drug-likeness (QED) is 0.544. The van der Waals surface area contributed by atoms with Gasteiger partial charge in [-0.3, -0.25) is 4.79 Å². The molecule has 0 saturated carbocycles. The average molecular weight is 215 g/mol. The number of aliphatic hydroxyl groups excluding tert-OH is 2. The van der Waals surface area contributed by atoms with Gasteiger partial charge in [0.1, 0.15) is 0 Å². The van der Waals surface area contributed by atoms with Crippen molar-refractivity contribution < 1.29 is 15.0 Å². The predicted molar refractivity (Wildman–Crippen MR) is 59.4 cm³/mol. The van der Waals surface area contributed by atoms with Gasteiger partial charge >= 0.3 is 0 Å². The molecule has 0 aromatic rings. The first-order chi connectivity index (χ1) is 7.11. The van der Waals surface area contributed by atoms with E-state index in [4.69, 9.17) is 0 Å². The van der Waals surface area contributed by atoms with Gasteiger partial charge in [0.2, 0.25) is 5.91 Å². The Bertz CT molecular complexity index is 204. The molecule has 0 aromatic carbocycles. The van der Waals surface area contributed by atoms with E-state index >= 15 is 0 Å². The fourth-order valence-electron chi connectivity index (χ4n) is 1.09. The molecule has 4 nitrogen and oxygen atoms in total. The minimum Gasteiger partial charge on any atom is -0.390 e. The topological polar surface area (TPSA) is 69.6 Å². The van der Waals surface area contributed by atoms with Crippen LogP contribution in [0.3, 0.4) is 0 Å². The van der Waals surface area contributed by atoms with Crippen molar-refractivity contribution >= 4 is 5.91 Å². The van der Waals surface area contributed by atoms with Gasteiger partial charge in [-0.1, -0.05) is 20.3 Å². The number of hydrogen-bond acceptors (Lipinski definition) is 3. The first-order valence-electron chi connectivity index (χ1n) is 5.44. The normalized spacial score (nSPS) is 15.2. The highest BCUT2D eigenvalue weighted by atomic mass is 16.3. The van der Waals surface area contributed by atoms with Crippen LogP contribution in [0, 0.1) is 0 Å². The molecular formula is C11H21NO3. The van der Waals surface area contributed by atoms with E-state index in [1.807, 2.05) is 13.8 Å². The van der Waals surface area contributed by atoms with Crippen molar-refractivity contribution in [2.45, 2.75) is 45.3 Å². The van der Waals surface area contributed by atoms with Crippen LogP contribution in [0.1, 0.15) is 33.1 Å². The largest absolute Gasteiger partial charge is 0.390 e. The minimum atomic E-state index is -0.961. The van der Waals surface area contributed by atoms with Crippen LogP contribution in [-0.4, -0.2) is 34.9 Å². The van der Waals surface area contributed by atoms with E-state index in [0.29, 0.717) is 13.0 Å². The molecule has 15 heavy (non-hydrogen) atoms. The summed E-state index contributed by atoms with van der Waals surface area (Å²) >= 11 is 0. The van der Waals surface area contributed by atoms with E-state index in [2.05, 4.69) is 5.32 Å². The lowest BCUT2D eigenvalue weighted by atomic mass is 10.1. The van der Waals surface area contributed by atoms with Gasteiger partial charge in [0.15, 0.2) is 0 Å². The van der Waals surface area contributed by atoms with Gasteiger partial charge in [-0.25, -0.2) is 0 Å². The average Bonchev–Trinajstić information content (AvgIpc) is 2.23. The predicted octanol–water partition coefficient (Wildman–Crippen LogP) is 0.591. The van der Waals surface area contributed by atoms with Crippen LogP contribution in [-0.2, 0) is 4.79 Å². The van der Waals surface area contributed by atoms with Crippen molar-refractivity contribution in [3.8, 4) is 0 Å². The Kier molecular flexibility index (Phi) is 7.95. The van der Waals surface area contributed by atoms with Crippen molar-refractivity contribution in [2.24, 2.45) is 0 Å². The Balaban J connectivity index is 3.87. The maximum atomic E-state index is 11.1. The molecule has 2 atom stereocenters. The van der Waals surface area contributed by atoms with Crippen LogP contribution in [0.4, 0.5) is 0 Å². The molecule has 0 saturated heterocycles. The van der Waals surface area contributed by atoms with E-state index in [-0.39, 0.29) is 5.91 Å². The fraction of sp³-hybridized carbons (Fsp3) is 0.727. The summed E-state index contributed by atoms with van der Waals surface area (Å²) in [4.78, 5) is 11.1. The second kappa shape index (κ2) is 8.44. The molecule has 0 aliphatic heterocycles. The van der Waals surface area contributed by atoms with Crippen LogP contribution in [0.15, 0.2) is 12.2 Å². The molecule has 0 aromatic heterocycles. The summed E-state index contributed by atoms with van der Waals surface area (Å²) < 4.78 is 0. The standard InChI is InChI=1S/C11H21NO3/c1-3-5-9(13)10(14)6-7-11(15)12-8-4-2/h6-7,9-10,13-14H,3-5,8H2,1-2H3,(H,12,15)/b7-6+/t9-,10-/m1/s1. The molecule has 1 amide bonds. The second-order valence-electron chi connectivity index (χ2n) is 3.50. The lowest BCUT2D eigenvalue weighted by molar-refractivity contribution is -0.116. The molecule has 0 bridgehead atoms. The van der Waals surface area contributed by atoms with E-state index in [9.17, 15) is 15.0 Å². The molecule has 0 aliphatic rings. The molecule has 3 N–H and O–H groups in total. The van der Waals surface area contributed by atoms with Crippen molar-refractivity contribution in [1.82, 2.24) is 5.32 Å². The van der Waals surface area contributed by atoms with Gasteiger partial charge < -0.3 is 15.5 Å². The highest BCUT2D eigenvalue weighted by molar-refractivity contribution is 5.87. The van der Waals surface area contributed by atoms with Gasteiger partial charge in [0.25, 0.3) is 0 Å². The zero-order valence-corrected chi connectivity index (χ0v) is 9.44. The molecule has 88 valence electrons. The molecule has 0 rings (SSSR count). The van der Waals surface area contributed by atoms with Gasteiger partial charge in [0, 0.05) is 12.6 Å². The van der Waals surface area contributed by atoms with Gasteiger partial charge in [0.05, 0.1) is 12.2 Å². The lowest BCUT2D eigenvalue weighted by Gasteiger charge is -2.12. The van der Waals surface area contributed by atoms with Crippen LogP contribution in [0.5, 0.6) is 0 Å². The molecule has 0 spiro atoms. The van der Waals surface area contributed by atoms with Crippen LogP contribution < -0.4 is 5.32 Å². The van der Waals surface area contributed by atoms with Crippen LogP contribution >= 0.6 is 0 Å². The summed E-state index contributed by atoms with van der Waals surface area (Å²) in [7, 11) is 0. The van der Waals surface area contributed by atoms with E-state index < -0.39 is 12.2 Å². The SMILES string of the molecule is CCCNC(=O)/C=C/[C@@H](O)[C@H](O)CCC. The van der Waals surface area contributed by atoms with Crippen molar-refractivity contribution in [1.29, 1.82) is 0 Å². The smallest absolute Gasteiger partial charge is 0.243 e. The third-order valence-electron chi connectivity index (χ3n) is 1.97. The lowest BCUT2D eigenvalue weighted by Crippen LogP contribution is -2.25. The van der Waals surface area contributed by atoms with Crippen molar-refractivity contribution in [3.63, 3.8) is 0 Å². The van der Waals surface area contributed by atoms with Gasteiger partial charge in [-0.05, 0) is 18.9 Å². The Morgan fingerprint density at radius 1 is 1.33 bits per heavy atom. The third kappa shape index (κ3) is 7.11. The van der Waals surface area contributed by atoms with Crippen molar-refractivity contribution in [3.05, 3.63) is 12.2 Å². The monoisotopic (exact) mass is 215 g/mol. The number of nitrogens with one attached hydrogen (secondary N) is 1. The molecule has 0 fully saturated rings. The zero-order valence-electron chi connectivity index (χ0n) is 9.44. The number of amides is 1. The summed E-state index contributed by atoms with van der Waals surface area (Å²) in [5.41, 5.74) is 0. The highest BCUT2D eigenvalue weighted by Gasteiger charge is 2.11. The molecule has 0 aliphatic carbocycles. The number of carbonyl (C=O) groups is 1. The van der Waals surface area contributed by atoms with Gasteiger partial charge in [-0.15, -0.1) is 0 Å². The molecule has 0 heterocycles. The minimum absolute atomic E-state index is 0.236. The second-order valence-corrected chi connectivity index (χ2v) is 3.50. The number of aliphatic hydroxyl groups is 2. The number of hydrogen-bond donors (Lipinski definition) is 3. The third-order valence-corrected chi connectivity index (χ3v) is 1.97. The van der Waals surface area contributed by atoms with E-state index in [1.165, 1.54) is 12.2 Å². The molecule has 4 heteroatoms. The van der Waals surface area contributed by atoms with Gasteiger partial charge in [-0.2, -0.15) is 0 Å². The molecule has 0 radical (unpaired) electrons. The highest BCUT2D eigenvalue weighted by Crippen LogP contribution is 2.03. The summed E-state index contributed by atoms with van der Waals surface area (Å²) in [5, 5.41) is 21.4. The first-order valence-corrected chi connectivity index (χ1v) is 5.44. The van der Waals surface area contributed by atoms with Crippen LogP contribution in [0.25, 0.3) is 0 Å². The Hall–Kier alpha value is -0.870. The first kappa shape index (κ1) is 14.1. The summed E-state index contributed by atoms with van der Waals surface area (Å²) in [6.07, 6.45) is 3.05. The summed E-state index contributed by atoms with van der Waals surface area (Å²) in [6, 6.07) is 0. The number of carbonyl (C=O) groups excluding carboxylic acids is 1. The number of rotatable bonds is 7. The maximum Gasteiger partial charge on any atom is 0.243 e. The van der Waals surface area contributed by atoms with Crippen LogP contribution in [0.2, 0.25) is 0 Å². The Morgan fingerprint density at radius 3 is 2.53 bits per heavy atom. The maximum absolute atomic E-state index is 11.1. The summed E-state index contributed by atoms with van der Waals surface area (Å²) in [6.45, 7) is 4.51. The Labute approximate surface area is 91.0 Å². The summed E-state index contributed by atoms with van der Waals surface area (Å²) in [5.74, 6) is -0.236. The molecular weight excluding hydrogens is 194 g/mol. The van der Waals surface area contributed by atoms with E-state index in [1.54, 1.807) is 0 Å². The van der Waals surface area contributed by atoms with E-state index in [0.717, 1.165) is 12.8 Å². The zero-order chi connectivity index (χ0) is 11.7. The fourth-order valence-corrected chi connectivity index (χ4v) is 1.09. The van der Waals surface area contributed by atoms with Crippen molar-refractivity contribution in [2.75, 3.05) is 6.54 Å². The Morgan fingerprint density at radius 2 is 2.00 bits per heavy atom. The molecule has 0 unspecified atom stereocenters.